The van der Waals surface area contributed by atoms with Crippen molar-refractivity contribution in [2.24, 2.45) is 0 Å². The Labute approximate surface area is 149 Å². The van der Waals surface area contributed by atoms with E-state index in [0.29, 0.717) is 19.1 Å². The van der Waals surface area contributed by atoms with Crippen LogP contribution in [0, 0.1) is 0 Å². The van der Waals surface area contributed by atoms with Crippen LogP contribution >= 0.6 is 0 Å². The van der Waals surface area contributed by atoms with E-state index in [9.17, 15) is 0 Å². The van der Waals surface area contributed by atoms with Crippen molar-refractivity contribution in [2.45, 2.75) is 32.2 Å². The Bertz CT molecular complexity index is 785. The number of hydrogen-bond acceptors (Lipinski definition) is 4. The highest BCUT2D eigenvalue weighted by molar-refractivity contribution is 5.54. The van der Waals surface area contributed by atoms with Gasteiger partial charge < -0.3 is 19.5 Å². The molecule has 0 bridgehead atoms. The zero-order chi connectivity index (χ0) is 17.4. The lowest BCUT2D eigenvalue weighted by Crippen LogP contribution is -2.31. The summed E-state index contributed by atoms with van der Waals surface area (Å²) in [5, 5.41) is 3.66. The van der Waals surface area contributed by atoms with Gasteiger partial charge in [-0.15, -0.1) is 0 Å². The van der Waals surface area contributed by atoms with E-state index in [1.165, 1.54) is 22.3 Å². The van der Waals surface area contributed by atoms with Crippen molar-refractivity contribution in [1.82, 2.24) is 5.32 Å². The summed E-state index contributed by atoms with van der Waals surface area (Å²) in [7, 11) is 1.74. The lowest BCUT2D eigenvalue weighted by molar-refractivity contribution is 0.171. The first-order chi connectivity index (χ1) is 12.2. The number of methoxy groups -OCH3 is 1. The molecular weight excluding hydrogens is 314 g/mol. The molecule has 1 N–H and O–H groups in total. The van der Waals surface area contributed by atoms with Crippen LogP contribution in [0.25, 0.3) is 0 Å². The highest BCUT2D eigenvalue weighted by Crippen LogP contribution is 2.41. The van der Waals surface area contributed by atoms with E-state index >= 15 is 0 Å². The van der Waals surface area contributed by atoms with E-state index in [0.717, 1.165) is 30.2 Å². The van der Waals surface area contributed by atoms with Crippen LogP contribution in [0.2, 0.25) is 0 Å². The van der Waals surface area contributed by atoms with Crippen LogP contribution in [0.5, 0.6) is 17.2 Å². The van der Waals surface area contributed by atoms with Gasteiger partial charge in [0.25, 0.3) is 0 Å². The summed E-state index contributed by atoms with van der Waals surface area (Å²) < 4.78 is 17.2. The first-order valence-electron chi connectivity index (χ1n) is 9.01. The van der Waals surface area contributed by atoms with Gasteiger partial charge in [0.1, 0.15) is 19.0 Å². The fraction of sp³-hybridized carbons (Fsp3) is 0.429. The van der Waals surface area contributed by atoms with Crippen molar-refractivity contribution in [1.29, 1.82) is 0 Å². The Morgan fingerprint density at radius 2 is 1.80 bits per heavy atom. The van der Waals surface area contributed by atoms with Crippen molar-refractivity contribution in [3.05, 3.63) is 52.6 Å². The van der Waals surface area contributed by atoms with Crippen LogP contribution in [0.15, 0.2) is 30.3 Å². The molecule has 0 amide bonds. The average Bonchev–Trinajstić information content (AvgIpc) is 2.65. The van der Waals surface area contributed by atoms with E-state index in [1.807, 2.05) is 0 Å². The van der Waals surface area contributed by atoms with E-state index in [2.05, 4.69) is 49.5 Å². The largest absolute Gasteiger partial charge is 0.496 e. The summed E-state index contributed by atoms with van der Waals surface area (Å²) in [6.45, 7) is 6.60. The summed E-state index contributed by atoms with van der Waals surface area (Å²) >= 11 is 0. The van der Waals surface area contributed by atoms with Crippen molar-refractivity contribution in [3.63, 3.8) is 0 Å². The number of rotatable bonds is 3. The van der Waals surface area contributed by atoms with Gasteiger partial charge in [-0.05, 0) is 53.3 Å². The van der Waals surface area contributed by atoms with Gasteiger partial charge in [-0.2, -0.15) is 0 Å². The topological polar surface area (TPSA) is 39.7 Å². The second kappa shape index (κ2) is 6.60. The van der Waals surface area contributed by atoms with E-state index in [-0.39, 0.29) is 6.04 Å². The molecule has 1 unspecified atom stereocenters. The molecule has 25 heavy (non-hydrogen) atoms. The predicted octanol–water partition coefficient (Wildman–Crippen LogP) is 3.82. The summed E-state index contributed by atoms with van der Waals surface area (Å²) in [6, 6.07) is 10.9. The highest BCUT2D eigenvalue weighted by Gasteiger charge is 2.27. The standard InChI is InChI=1S/C21H25NO3/c1-13(2)14-4-5-18(23-3)17(10-14)21-16-12-20-19(24-8-9-25-20)11-15(16)6-7-22-21/h4-5,10-13,21-22H,6-9H2,1-3H3. The van der Waals surface area contributed by atoms with Gasteiger partial charge >= 0.3 is 0 Å². The smallest absolute Gasteiger partial charge is 0.161 e. The maximum atomic E-state index is 5.81. The number of ether oxygens (including phenoxy) is 3. The van der Waals surface area contributed by atoms with Crippen LogP contribution in [0.4, 0.5) is 0 Å². The molecule has 0 fully saturated rings. The number of hydrogen-bond donors (Lipinski definition) is 1. The van der Waals surface area contributed by atoms with Gasteiger partial charge in [0.15, 0.2) is 11.5 Å². The normalized spacial score (nSPS) is 18.8. The maximum Gasteiger partial charge on any atom is 0.161 e. The lowest BCUT2D eigenvalue weighted by Gasteiger charge is -2.31. The number of nitrogens with one attached hydrogen (secondary N) is 1. The molecule has 4 heteroatoms. The molecular formula is C21H25NO3. The van der Waals surface area contributed by atoms with E-state index in [4.69, 9.17) is 14.2 Å². The van der Waals surface area contributed by atoms with E-state index < -0.39 is 0 Å². The van der Waals surface area contributed by atoms with Gasteiger partial charge in [0.05, 0.1) is 13.2 Å². The first-order valence-corrected chi connectivity index (χ1v) is 9.01. The fourth-order valence-electron chi connectivity index (χ4n) is 3.71. The third kappa shape index (κ3) is 2.95. The molecule has 2 aliphatic rings. The average molecular weight is 339 g/mol. The molecule has 2 aliphatic heterocycles. The SMILES string of the molecule is COc1ccc(C(C)C)cc1C1NCCc2cc3c(cc21)OCCO3. The maximum absolute atomic E-state index is 5.81. The molecule has 0 saturated heterocycles. The Balaban J connectivity index is 1.82. The third-order valence-electron chi connectivity index (χ3n) is 5.09. The van der Waals surface area contributed by atoms with Crippen LogP contribution in [0.3, 0.4) is 0 Å². The molecule has 2 heterocycles. The Morgan fingerprint density at radius 1 is 1.04 bits per heavy atom. The summed E-state index contributed by atoms with van der Waals surface area (Å²) in [4.78, 5) is 0. The molecule has 0 saturated carbocycles. The van der Waals surface area contributed by atoms with Crippen molar-refractivity contribution >= 4 is 0 Å². The zero-order valence-corrected chi connectivity index (χ0v) is 15.1. The molecule has 0 aliphatic carbocycles. The summed E-state index contributed by atoms with van der Waals surface area (Å²) in [5.74, 6) is 3.11. The van der Waals surface area contributed by atoms with Gasteiger partial charge in [0.2, 0.25) is 0 Å². The Morgan fingerprint density at radius 3 is 2.52 bits per heavy atom. The van der Waals surface area contributed by atoms with Crippen LogP contribution < -0.4 is 19.5 Å². The number of fused-ring (bicyclic) bond motifs is 2. The van der Waals surface area contributed by atoms with Gasteiger partial charge in [-0.1, -0.05) is 19.9 Å². The Hall–Kier alpha value is -2.20. The lowest BCUT2D eigenvalue weighted by atomic mass is 9.87. The molecule has 2 aromatic rings. The van der Waals surface area contributed by atoms with Crippen LogP contribution in [-0.2, 0) is 6.42 Å². The molecule has 4 rings (SSSR count). The molecule has 0 aromatic heterocycles. The first kappa shape index (κ1) is 16.3. The zero-order valence-electron chi connectivity index (χ0n) is 15.1. The van der Waals surface area contributed by atoms with Gasteiger partial charge in [0, 0.05) is 12.1 Å². The Kier molecular flexibility index (Phi) is 4.30. The minimum atomic E-state index is 0.105. The molecule has 0 spiro atoms. The third-order valence-corrected chi connectivity index (χ3v) is 5.09. The summed E-state index contributed by atoms with van der Waals surface area (Å²) in [5.41, 5.74) is 5.09. The molecule has 0 radical (unpaired) electrons. The monoisotopic (exact) mass is 339 g/mol. The van der Waals surface area contributed by atoms with Crippen molar-refractivity contribution < 1.29 is 14.2 Å². The predicted molar refractivity (Wildman–Crippen MR) is 98.1 cm³/mol. The van der Waals surface area contributed by atoms with Crippen molar-refractivity contribution in [2.75, 3.05) is 26.9 Å². The quantitative estimate of drug-likeness (QED) is 0.923. The van der Waals surface area contributed by atoms with E-state index in [1.54, 1.807) is 7.11 Å². The van der Waals surface area contributed by atoms with Gasteiger partial charge in [-0.25, -0.2) is 0 Å². The van der Waals surface area contributed by atoms with Crippen molar-refractivity contribution in [3.8, 4) is 17.2 Å². The van der Waals surface area contributed by atoms with Crippen LogP contribution in [-0.4, -0.2) is 26.9 Å². The minimum Gasteiger partial charge on any atom is -0.496 e. The van der Waals surface area contributed by atoms with Gasteiger partial charge in [-0.3, -0.25) is 0 Å². The minimum absolute atomic E-state index is 0.105. The highest BCUT2D eigenvalue weighted by atomic mass is 16.6. The molecule has 2 aromatic carbocycles. The second-order valence-electron chi connectivity index (χ2n) is 6.99. The number of benzene rings is 2. The molecule has 1 atom stereocenters. The summed E-state index contributed by atoms with van der Waals surface area (Å²) in [6.07, 6.45) is 0.995. The fourth-order valence-corrected chi connectivity index (χ4v) is 3.71. The van der Waals surface area contributed by atoms with Crippen LogP contribution in [0.1, 0.15) is 48.1 Å². The molecule has 132 valence electrons. The molecule has 4 nitrogen and oxygen atoms in total. The second-order valence-corrected chi connectivity index (χ2v) is 6.99.